The number of aliphatic hydroxyl groups excluding tert-OH is 1. The first-order valence-electron chi connectivity index (χ1n) is 21.8. The Labute approximate surface area is 347 Å². The van der Waals surface area contributed by atoms with Crippen LogP contribution in [-0.4, -0.2) is 81.2 Å². The second-order valence-electron chi connectivity index (χ2n) is 15.5. The molecule has 0 aromatic rings. The molecule has 0 rings (SSSR count). The second kappa shape index (κ2) is 37.7. The zero-order chi connectivity index (χ0) is 42.3. The van der Waals surface area contributed by atoms with Gasteiger partial charge in [0.1, 0.15) is 19.8 Å². The molecule has 57 heavy (non-hydrogen) atoms. The molecule has 0 saturated carbocycles. The molecule has 0 aliphatic rings. The molecule has 10 nitrogen and oxygen atoms in total. The van der Waals surface area contributed by atoms with E-state index in [9.17, 15) is 24.2 Å². The zero-order valence-corrected chi connectivity index (χ0v) is 37.3. The molecule has 0 bridgehead atoms. The summed E-state index contributed by atoms with van der Waals surface area (Å²) in [5.74, 6) is -1.05. The van der Waals surface area contributed by atoms with Crippen LogP contribution in [0.4, 0.5) is 0 Å². The Bertz CT molecular complexity index is 1220. The van der Waals surface area contributed by atoms with E-state index in [0.29, 0.717) is 30.3 Å². The van der Waals surface area contributed by atoms with Gasteiger partial charge in [0.05, 0.1) is 33.9 Å². The van der Waals surface area contributed by atoms with Gasteiger partial charge in [-0.05, 0) is 70.6 Å². The van der Waals surface area contributed by atoms with E-state index >= 15 is 0 Å². The average molecular weight is 822 g/mol. The number of hydrogen-bond acceptors (Lipinski definition) is 9. The standard InChI is InChI=1S/C46H80NO9P/c1-6-8-10-12-14-16-18-20-21-23-25-27-29-31-33-37-45(49)53-41-44(42-55-57(51,52)54-40-39-47(3,4)5)56-46(50)38-34-36-43(48)35-32-30-28-26-24-22-19-17-15-13-11-9-7-2/h9,11,15-18,22,24,28,30,32,35,43-44,48H,6-8,10,12-14,19-21,23,25-27,29,31,33-34,36-42H2,1-5H3/b11-9-,17-15-,18-16-,24-22-,30-28-,35-32+/t43?,44-/m1/s1. The van der Waals surface area contributed by atoms with Gasteiger partial charge in [-0.2, -0.15) is 0 Å². The van der Waals surface area contributed by atoms with Crippen molar-refractivity contribution in [2.24, 2.45) is 0 Å². The molecule has 0 aromatic heterocycles. The van der Waals surface area contributed by atoms with Gasteiger partial charge in [0, 0.05) is 12.8 Å². The van der Waals surface area contributed by atoms with E-state index < -0.39 is 38.6 Å². The summed E-state index contributed by atoms with van der Waals surface area (Å²) in [4.78, 5) is 37.5. The number of allylic oxidation sites excluding steroid dienone is 11. The van der Waals surface area contributed by atoms with Gasteiger partial charge in [0.15, 0.2) is 6.10 Å². The molecular formula is C46H80NO9P. The number of carbonyl (C=O) groups excluding carboxylic acids is 2. The maximum atomic E-state index is 12.7. The predicted molar refractivity (Wildman–Crippen MR) is 232 cm³/mol. The first-order chi connectivity index (χ1) is 27.4. The highest BCUT2D eigenvalue weighted by atomic mass is 31.2. The number of esters is 2. The number of carbonyl (C=O) groups is 2. The van der Waals surface area contributed by atoms with Crippen molar-refractivity contribution in [3.05, 3.63) is 72.9 Å². The summed E-state index contributed by atoms with van der Waals surface area (Å²) in [6, 6.07) is 0. The smallest absolute Gasteiger partial charge is 0.306 e. The SMILES string of the molecule is CC/C=C\C/C=C\C/C=C\C/C=C\C=C\C(O)CCCC(=O)O[C@H](COC(=O)CCCCCCCCC/C=C\CCCCCC)COP(=O)([O-])OCC[N+](C)(C)C. The summed E-state index contributed by atoms with van der Waals surface area (Å²) in [5, 5.41) is 10.3. The molecule has 0 aliphatic carbocycles. The van der Waals surface area contributed by atoms with Crippen LogP contribution >= 0.6 is 7.82 Å². The molecule has 1 N–H and O–H groups in total. The van der Waals surface area contributed by atoms with Gasteiger partial charge < -0.3 is 33.0 Å². The number of likely N-dealkylation sites (N-methyl/N-ethyl adjacent to an activating group) is 1. The average Bonchev–Trinajstić information content (AvgIpc) is 3.15. The van der Waals surface area contributed by atoms with Crippen LogP contribution in [0.3, 0.4) is 0 Å². The van der Waals surface area contributed by atoms with Crippen molar-refractivity contribution in [2.45, 2.75) is 161 Å². The van der Waals surface area contributed by atoms with Gasteiger partial charge in [-0.1, -0.05) is 138 Å². The van der Waals surface area contributed by atoms with Gasteiger partial charge in [-0.25, -0.2) is 0 Å². The van der Waals surface area contributed by atoms with Crippen LogP contribution in [0, 0.1) is 0 Å². The molecule has 11 heteroatoms. The highest BCUT2D eigenvalue weighted by Crippen LogP contribution is 2.38. The summed E-state index contributed by atoms with van der Waals surface area (Å²) in [6.07, 6.45) is 42.4. The molecule has 0 saturated heterocycles. The maximum Gasteiger partial charge on any atom is 0.306 e. The minimum Gasteiger partial charge on any atom is -0.756 e. The van der Waals surface area contributed by atoms with Crippen molar-refractivity contribution in [1.82, 2.24) is 0 Å². The number of unbranched alkanes of at least 4 members (excludes halogenated alkanes) is 11. The highest BCUT2D eigenvalue weighted by molar-refractivity contribution is 7.45. The Morgan fingerprint density at radius 2 is 1.23 bits per heavy atom. The van der Waals surface area contributed by atoms with E-state index in [1.54, 1.807) is 12.2 Å². The van der Waals surface area contributed by atoms with Crippen LogP contribution < -0.4 is 4.89 Å². The number of nitrogens with zero attached hydrogens (tertiary/aromatic N) is 1. The summed E-state index contributed by atoms with van der Waals surface area (Å²) in [5.41, 5.74) is 0. The fourth-order valence-electron chi connectivity index (χ4n) is 5.38. The fourth-order valence-corrected chi connectivity index (χ4v) is 6.11. The molecule has 3 atom stereocenters. The first-order valence-corrected chi connectivity index (χ1v) is 23.2. The van der Waals surface area contributed by atoms with E-state index in [1.165, 1.54) is 51.4 Å². The highest BCUT2D eigenvalue weighted by Gasteiger charge is 2.22. The van der Waals surface area contributed by atoms with Gasteiger partial charge in [-0.3, -0.25) is 14.2 Å². The monoisotopic (exact) mass is 822 g/mol. The third kappa shape index (κ3) is 41.4. The lowest BCUT2D eigenvalue weighted by Crippen LogP contribution is -2.37. The van der Waals surface area contributed by atoms with Crippen molar-refractivity contribution < 1.29 is 47.2 Å². The summed E-state index contributed by atoms with van der Waals surface area (Å²) in [7, 11) is 1.03. The van der Waals surface area contributed by atoms with E-state index in [0.717, 1.165) is 51.4 Å². The minimum absolute atomic E-state index is 0.00974. The second-order valence-corrected chi connectivity index (χ2v) is 16.9. The topological polar surface area (TPSA) is 131 Å². The quantitative estimate of drug-likeness (QED) is 0.0161. The molecular weight excluding hydrogens is 741 g/mol. The van der Waals surface area contributed by atoms with E-state index in [4.69, 9.17) is 18.5 Å². The number of aliphatic hydroxyl groups is 1. The van der Waals surface area contributed by atoms with Gasteiger partial charge in [0.25, 0.3) is 7.82 Å². The van der Waals surface area contributed by atoms with Crippen molar-refractivity contribution in [3.63, 3.8) is 0 Å². The van der Waals surface area contributed by atoms with Crippen molar-refractivity contribution in [1.29, 1.82) is 0 Å². The maximum absolute atomic E-state index is 12.7. The van der Waals surface area contributed by atoms with E-state index in [-0.39, 0.29) is 26.1 Å². The third-order valence-electron chi connectivity index (χ3n) is 8.81. The van der Waals surface area contributed by atoms with Crippen molar-refractivity contribution in [3.8, 4) is 0 Å². The molecule has 0 heterocycles. The Morgan fingerprint density at radius 1 is 0.667 bits per heavy atom. The Hall–Kier alpha value is -2.59. The minimum atomic E-state index is -4.68. The lowest BCUT2D eigenvalue weighted by Gasteiger charge is -2.28. The molecule has 0 spiro atoms. The van der Waals surface area contributed by atoms with Gasteiger partial charge >= 0.3 is 11.9 Å². The summed E-state index contributed by atoms with van der Waals surface area (Å²) in [6.45, 7) is 3.84. The third-order valence-corrected chi connectivity index (χ3v) is 9.78. The van der Waals surface area contributed by atoms with Crippen molar-refractivity contribution in [2.75, 3.05) is 47.5 Å². The molecule has 0 fully saturated rings. The number of phosphoric acid groups is 1. The molecule has 0 aliphatic heterocycles. The molecule has 0 amide bonds. The van der Waals surface area contributed by atoms with E-state index in [2.05, 4.69) is 62.5 Å². The molecule has 0 aromatic carbocycles. The Morgan fingerprint density at radius 3 is 1.84 bits per heavy atom. The Balaban J connectivity index is 4.59. The molecule has 328 valence electrons. The van der Waals surface area contributed by atoms with Crippen molar-refractivity contribution >= 4 is 19.8 Å². The van der Waals surface area contributed by atoms with Crippen LogP contribution in [0.5, 0.6) is 0 Å². The fraction of sp³-hybridized carbons (Fsp3) is 0.696. The number of ether oxygens (including phenoxy) is 2. The lowest BCUT2D eigenvalue weighted by atomic mass is 10.1. The largest absolute Gasteiger partial charge is 0.756 e. The zero-order valence-electron chi connectivity index (χ0n) is 36.4. The van der Waals surface area contributed by atoms with Gasteiger partial charge in [-0.15, -0.1) is 0 Å². The van der Waals surface area contributed by atoms with E-state index in [1.807, 2.05) is 33.3 Å². The lowest BCUT2D eigenvalue weighted by molar-refractivity contribution is -0.870. The number of phosphoric ester groups is 1. The Kier molecular flexibility index (Phi) is 36.0. The summed E-state index contributed by atoms with van der Waals surface area (Å²) < 4.78 is 33.7. The normalized spacial score (nSPS) is 14.9. The van der Waals surface area contributed by atoms with Crippen LogP contribution in [-0.2, 0) is 32.7 Å². The first kappa shape index (κ1) is 54.4. The van der Waals surface area contributed by atoms with Gasteiger partial charge in [0.2, 0.25) is 0 Å². The number of quaternary nitrogens is 1. The van der Waals surface area contributed by atoms with Crippen LogP contribution in [0.25, 0.3) is 0 Å². The molecule has 2 unspecified atom stereocenters. The van der Waals surface area contributed by atoms with Crippen LogP contribution in [0.15, 0.2) is 72.9 Å². The predicted octanol–water partition coefficient (Wildman–Crippen LogP) is 10.6. The summed E-state index contributed by atoms with van der Waals surface area (Å²) >= 11 is 0. The number of rotatable bonds is 38. The number of hydrogen-bond donors (Lipinski definition) is 1. The molecule has 0 radical (unpaired) electrons. The van der Waals surface area contributed by atoms with Crippen LogP contribution in [0.1, 0.15) is 149 Å². The van der Waals surface area contributed by atoms with Crippen LogP contribution in [0.2, 0.25) is 0 Å².